The molecule has 2 aliphatic rings. The molecule has 0 N–H and O–H groups in total. The summed E-state index contributed by atoms with van der Waals surface area (Å²) in [5.41, 5.74) is 5.86. The second-order valence-electron chi connectivity index (χ2n) is 6.69. The zero-order chi connectivity index (χ0) is 17.3. The van der Waals surface area contributed by atoms with E-state index in [0.29, 0.717) is 5.56 Å². The van der Waals surface area contributed by atoms with Gasteiger partial charge in [-0.25, -0.2) is 0 Å². The minimum Gasteiger partial charge on any atom is -0.381 e. The minimum absolute atomic E-state index is 0.0660. The third-order valence-electron chi connectivity index (χ3n) is 5.33. The van der Waals surface area contributed by atoms with Crippen LogP contribution in [0.3, 0.4) is 0 Å². The number of nitrogens with zero attached hydrogens (tertiary/aromatic N) is 3. The summed E-state index contributed by atoms with van der Waals surface area (Å²) in [4.78, 5) is 4.22. The molecule has 1 aliphatic heterocycles. The van der Waals surface area contributed by atoms with Crippen molar-refractivity contribution in [1.29, 1.82) is 10.5 Å². The van der Waals surface area contributed by atoms with E-state index in [1.54, 1.807) is 6.07 Å². The first-order chi connectivity index (χ1) is 12.3. The largest absolute Gasteiger partial charge is 0.381 e. The predicted molar refractivity (Wildman–Crippen MR) is 94.9 cm³/mol. The van der Waals surface area contributed by atoms with E-state index in [2.05, 4.69) is 29.3 Å². The molecule has 0 bridgehead atoms. The highest BCUT2D eigenvalue weighted by Gasteiger charge is 2.44. The highest BCUT2D eigenvalue weighted by molar-refractivity contribution is 6.10. The van der Waals surface area contributed by atoms with Crippen LogP contribution in [0, 0.1) is 28.2 Å². The van der Waals surface area contributed by atoms with Gasteiger partial charge in [0.2, 0.25) is 6.19 Å². The molecule has 1 aliphatic carbocycles. The molecule has 1 heterocycles. The van der Waals surface area contributed by atoms with Gasteiger partial charge in [0.05, 0.1) is 17.3 Å². The van der Waals surface area contributed by atoms with Crippen molar-refractivity contribution in [3.63, 3.8) is 0 Å². The van der Waals surface area contributed by atoms with Gasteiger partial charge in [-0.15, -0.1) is 0 Å². The molecule has 0 atom stereocenters. The summed E-state index contributed by atoms with van der Waals surface area (Å²) in [6.45, 7) is 1.44. The van der Waals surface area contributed by atoms with Crippen molar-refractivity contribution in [3.8, 4) is 23.4 Å². The maximum absolute atomic E-state index is 9.22. The topological polar surface area (TPSA) is 69.2 Å². The Morgan fingerprint density at radius 3 is 2.56 bits per heavy atom. The Balaban J connectivity index is 1.80. The molecule has 1 saturated heterocycles. The molecule has 2 aromatic carbocycles. The van der Waals surface area contributed by atoms with E-state index in [1.165, 1.54) is 5.56 Å². The van der Waals surface area contributed by atoms with E-state index in [9.17, 15) is 5.26 Å². The van der Waals surface area contributed by atoms with Gasteiger partial charge >= 0.3 is 0 Å². The van der Waals surface area contributed by atoms with Crippen molar-refractivity contribution in [1.82, 2.24) is 0 Å². The van der Waals surface area contributed by atoms with Crippen molar-refractivity contribution >= 4 is 5.71 Å². The fourth-order valence-electron chi connectivity index (χ4n) is 4.04. The van der Waals surface area contributed by atoms with Gasteiger partial charge in [-0.05, 0) is 54.2 Å². The number of hydrogen-bond donors (Lipinski definition) is 0. The molecule has 1 spiro atoms. The molecule has 0 radical (unpaired) electrons. The molecule has 0 unspecified atom stereocenters. The average Bonchev–Trinajstić information content (AvgIpc) is 2.95. The summed E-state index contributed by atoms with van der Waals surface area (Å²) in [6.07, 6.45) is 4.73. The van der Waals surface area contributed by atoms with Crippen LogP contribution < -0.4 is 0 Å². The predicted octanol–water partition coefficient (Wildman–Crippen LogP) is 3.85. The normalized spacial score (nSPS) is 19.4. The summed E-state index contributed by atoms with van der Waals surface area (Å²) in [5.74, 6) is 0. The van der Waals surface area contributed by atoms with Crippen LogP contribution in [-0.2, 0) is 11.2 Å². The lowest BCUT2D eigenvalue weighted by Crippen LogP contribution is -2.35. The molecule has 122 valence electrons. The number of fused-ring (bicyclic) bond motifs is 1. The molecular weight excluding hydrogens is 310 g/mol. The quantitative estimate of drug-likeness (QED) is 0.747. The smallest absolute Gasteiger partial charge is 0.205 e. The Morgan fingerprint density at radius 1 is 1.00 bits per heavy atom. The van der Waals surface area contributed by atoms with Crippen molar-refractivity contribution in [2.24, 2.45) is 10.4 Å². The van der Waals surface area contributed by atoms with Gasteiger partial charge < -0.3 is 4.74 Å². The Morgan fingerprint density at radius 2 is 1.80 bits per heavy atom. The molecule has 4 heteroatoms. The molecule has 2 aromatic rings. The summed E-state index contributed by atoms with van der Waals surface area (Å²) in [6, 6.07) is 16.1. The Labute approximate surface area is 147 Å². The van der Waals surface area contributed by atoms with Gasteiger partial charge in [0, 0.05) is 24.2 Å². The van der Waals surface area contributed by atoms with Crippen molar-refractivity contribution in [2.75, 3.05) is 13.2 Å². The van der Waals surface area contributed by atoms with Crippen molar-refractivity contribution < 1.29 is 4.74 Å². The van der Waals surface area contributed by atoms with Crippen molar-refractivity contribution in [3.05, 3.63) is 59.2 Å². The first-order valence-electron chi connectivity index (χ1n) is 8.45. The lowest BCUT2D eigenvalue weighted by molar-refractivity contribution is 0.0477. The second-order valence-corrected chi connectivity index (χ2v) is 6.69. The zero-order valence-corrected chi connectivity index (χ0v) is 13.8. The number of rotatable bonds is 1. The van der Waals surface area contributed by atoms with E-state index in [-0.39, 0.29) is 5.41 Å². The maximum atomic E-state index is 9.22. The SMILES string of the molecule is N#CN=C1c2cc(-c3cccc(C#N)c3)ccc2CC12CCOCC2. The van der Waals surface area contributed by atoms with Gasteiger partial charge in [-0.3, -0.25) is 0 Å². The van der Waals surface area contributed by atoms with Crippen LogP contribution in [0.15, 0.2) is 47.5 Å². The molecular formula is C21H17N3O. The second kappa shape index (κ2) is 6.16. The molecule has 0 saturated carbocycles. The maximum Gasteiger partial charge on any atom is 0.205 e. The van der Waals surface area contributed by atoms with Gasteiger partial charge in [-0.1, -0.05) is 24.3 Å². The van der Waals surface area contributed by atoms with E-state index in [1.807, 2.05) is 24.4 Å². The van der Waals surface area contributed by atoms with Crippen molar-refractivity contribution in [2.45, 2.75) is 19.3 Å². The molecule has 4 nitrogen and oxygen atoms in total. The summed E-state index contributed by atoms with van der Waals surface area (Å²) in [5, 5.41) is 18.3. The van der Waals surface area contributed by atoms with E-state index in [4.69, 9.17) is 10.00 Å². The molecule has 0 aromatic heterocycles. The van der Waals surface area contributed by atoms with Crippen LogP contribution in [0.25, 0.3) is 11.1 Å². The molecule has 1 fully saturated rings. The summed E-state index contributed by atoms with van der Waals surface area (Å²) >= 11 is 0. The van der Waals surface area contributed by atoms with Gasteiger partial charge in [0.1, 0.15) is 0 Å². The average molecular weight is 327 g/mol. The van der Waals surface area contributed by atoms with Crippen LogP contribution in [-0.4, -0.2) is 18.9 Å². The van der Waals surface area contributed by atoms with Crippen LogP contribution >= 0.6 is 0 Å². The third-order valence-corrected chi connectivity index (χ3v) is 5.33. The van der Waals surface area contributed by atoms with Crippen LogP contribution in [0.4, 0.5) is 0 Å². The Kier molecular flexibility index (Phi) is 3.84. The zero-order valence-electron chi connectivity index (χ0n) is 13.8. The molecule has 25 heavy (non-hydrogen) atoms. The van der Waals surface area contributed by atoms with Crippen LogP contribution in [0.5, 0.6) is 0 Å². The van der Waals surface area contributed by atoms with E-state index in [0.717, 1.165) is 54.9 Å². The lowest BCUT2D eigenvalue weighted by Gasteiger charge is -2.33. The molecule has 4 rings (SSSR count). The lowest BCUT2D eigenvalue weighted by atomic mass is 9.76. The first-order valence-corrected chi connectivity index (χ1v) is 8.45. The standard InChI is InChI=1S/C21H17N3O/c22-13-15-2-1-3-16(10-15)17-4-5-18-12-21(6-8-25-9-7-21)20(24-14-23)19(18)11-17/h1-5,10-11H,6-9,12H2. The highest BCUT2D eigenvalue weighted by Crippen LogP contribution is 2.45. The first kappa shape index (κ1) is 15.6. The Bertz CT molecular complexity index is 940. The van der Waals surface area contributed by atoms with E-state index >= 15 is 0 Å². The number of hydrogen-bond acceptors (Lipinski definition) is 4. The number of aliphatic imine (C=N–C) groups is 1. The minimum atomic E-state index is -0.0660. The summed E-state index contributed by atoms with van der Waals surface area (Å²) < 4.78 is 5.53. The number of ether oxygens (including phenoxy) is 1. The van der Waals surface area contributed by atoms with Gasteiger partial charge in [0.15, 0.2) is 0 Å². The summed E-state index contributed by atoms with van der Waals surface area (Å²) in [7, 11) is 0. The van der Waals surface area contributed by atoms with E-state index < -0.39 is 0 Å². The number of benzene rings is 2. The van der Waals surface area contributed by atoms with Gasteiger partial charge in [0.25, 0.3) is 0 Å². The number of nitriles is 2. The van der Waals surface area contributed by atoms with Crippen LogP contribution in [0.2, 0.25) is 0 Å². The fourth-order valence-corrected chi connectivity index (χ4v) is 4.04. The Hall–Kier alpha value is -2.95. The molecule has 0 amide bonds. The monoisotopic (exact) mass is 327 g/mol. The van der Waals surface area contributed by atoms with Crippen LogP contribution in [0.1, 0.15) is 29.5 Å². The highest BCUT2D eigenvalue weighted by atomic mass is 16.5. The fraction of sp³-hybridized carbons (Fsp3) is 0.286. The third kappa shape index (κ3) is 2.61. The van der Waals surface area contributed by atoms with Gasteiger partial charge in [-0.2, -0.15) is 15.5 Å².